The summed E-state index contributed by atoms with van der Waals surface area (Å²) in [6.45, 7) is 4.00. The summed E-state index contributed by atoms with van der Waals surface area (Å²) in [7, 11) is 2.10. The van der Waals surface area contributed by atoms with Gasteiger partial charge in [-0.3, -0.25) is 4.79 Å². The molecular formula is C20H27F3N2O5. The Morgan fingerprint density at radius 2 is 1.90 bits per heavy atom. The van der Waals surface area contributed by atoms with E-state index in [0.717, 1.165) is 39.1 Å². The van der Waals surface area contributed by atoms with E-state index in [1.54, 1.807) is 0 Å². The predicted molar refractivity (Wildman–Crippen MR) is 102 cm³/mol. The van der Waals surface area contributed by atoms with Crippen LogP contribution in [0.3, 0.4) is 0 Å². The number of carboxylic acid groups (broad SMARTS) is 1. The number of carbonyl (C=O) groups is 2. The van der Waals surface area contributed by atoms with Gasteiger partial charge in [-0.25, -0.2) is 4.79 Å². The van der Waals surface area contributed by atoms with Crippen LogP contribution in [0.2, 0.25) is 0 Å². The zero-order valence-electron chi connectivity index (χ0n) is 16.8. The van der Waals surface area contributed by atoms with Gasteiger partial charge < -0.3 is 24.4 Å². The van der Waals surface area contributed by atoms with Gasteiger partial charge in [0.15, 0.2) is 0 Å². The molecule has 3 rings (SSSR count). The molecule has 1 N–H and O–H groups in total. The molecule has 2 atom stereocenters. The van der Waals surface area contributed by atoms with Gasteiger partial charge in [-0.2, -0.15) is 13.2 Å². The molecule has 1 aromatic rings. The number of carbonyl (C=O) groups excluding carboxylic acids is 1. The molecule has 2 aliphatic rings. The Morgan fingerprint density at radius 3 is 2.47 bits per heavy atom. The van der Waals surface area contributed by atoms with Crippen molar-refractivity contribution >= 4 is 11.9 Å². The van der Waals surface area contributed by atoms with Crippen LogP contribution in [0.15, 0.2) is 30.3 Å². The number of piperazine rings is 1. The smallest absolute Gasteiger partial charge is 0.475 e. The second-order valence-corrected chi connectivity index (χ2v) is 7.23. The molecule has 1 amide bonds. The first-order valence-corrected chi connectivity index (χ1v) is 9.71. The van der Waals surface area contributed by atoms with Gasteiger partial charge in [0.2, 0.25) is 5.91 Å². The lowest BCUT2D eigenvalue weighted by atomic mass is 10.0. The summed E-state index contributed by atoms with van der Waals surface area (Å²) in [5.41, 5.74) is 1.19. The second kappa shape index (κ2) is 11.3. The first-order chi connectivity index (χ1) is 14.2. The third-order valence-electron chi connectivity index (χ3n) is 4.88. The predicted octanol–water partition coefficient (Wildman–Crippen LogP) is 2.33. The van der Waals surface area contributed by atoms with E-state index in [9.17, 15) is 18.0 Å². The summed E-state index contributed by atoms with van der Waals surface area (Å²) in [5.74, 6) is -2.68. The summed E-state index contributed by atoms with van der Waals surface area (Å²) in [4.78, 5) is 25.7. The van der Waals surface area contributed by atoms with E-state index in [1.165, 1.54) is 5.56 Å². The molecule has 2 fully saturated rings. The second-order valence-electron chi connectivity index (χ2n) is 7.23. The van der Waals surface area contributed by atoms with Gasteiger partial charge in [-0.15, -0.1) is 0 Å². The van der Waals surface area contributed by atoms with E-state index >= 15 is 0 Å². The Labute approximate surface area is 173 Å². The van der Waals surface area contributed by atoms with Crippen molar-refractivity contribution in [2.75, 3.05) is 46.5 Å². The van der Waals surface area contributed by atoms with Crippen LogP contribution in [-0.4, -0.2) is 85.6 Å². The topological polar surface area (TPSA) is 79.3 Å². The summed E-state index contributed by atoms with van der Waals surface area (Å²) in [6.07, 6.45) is -2.79. The number of nitrogens with zero attached hydrogens (tertiary/aromatic N) is 2. The molecule has 0 aliphatic carbocycles. The van der Waals surface area contributed by atoms with E-state index in [-0.39, 0.29) is 24.7 Å². The van der Waals surface area contributed by atoms with Crippen molar-refractivity contribution in [3.63, 3.8) is 0 Å². The van der Waals surface area contributed by atoms with Crippen molar-refractivity contribution in [1.82, 2.24) is 9.80 Å². The number of alkyl halides is 3. The Kier molecular flexibility index (Phi) is 9.07. The minimum Gasteiger partial charge on any atom is -0.475 e. The highest BCUT2D eigenvalue weighted by molar-refractivity contribution is 5.78. The monoisotopic (exact) mass is 432 g/mol. The minimum absolute atomic E-state index is 0.0740. The van der Waals surface area contributed by atoms with E-state index in [4.69, 9.17) is 19.4 Å². The average Bonchev–Trinajstić information content (AvgIpc) is 3.22. The standard InChI is InChI=1S/C18H26N2O3.C2HF3O2/c1-19-9-10-20(17(12-19)15-6-3-2-4-7-15)18(21)14-22-13-16-8-5-11-23-16;3-2(4,5)1(6)7/h2-4,6-7,16-17H,5,8-14H2,1H3;(H,6,7)/t16?,17-;/m1./s1. The fourth-order valence-corrected chi connectivity index (χ4v) is 3.31. The molecular weight excluding hydrogens is 405 g/mol. The normalized spacial score (nSPS) is 22.3. The first-order valence-electron chi connectivity index (χ1n) is 9.71. The number of halogens is 3. The number of likely N-dealkylation sites (N-methyl/N-ethyl adjacent to an activating group) is 1. The Bertz CT molecular complexity index is 681. The molecule has 10 heteroatoms. The number of hydrogen-bond donors (Lipinski definition) is 1. The maximum atomic E-state index is 12.6. The van der Waals surface area contributed by atoms with Gasteiger partial charge in [0.1, 0.15) is 6.61 Å². The molecule has 1 aromatic carbocycles. The van der Waals surface area contributed by atoms with Gasteiger partial charge in [-0.1, -0.05) is 30.3 Å². The lowest BCUT2D eigenvalue weighted by Crippen LogP contribution is -2.50. The molecule has 168 valence electrons. The minimum atomic E-state index is -5.08. The van der Waals surface area contributed by atoms with Crippen molar-refractivity contribution in [3.05, 3.63) is 35.9 Å². The fraction of sp³-hybridized carbons (Fsp3) is 0.600. The molecule has 7 nitrogen and oxygen atoms in total. The Hall–Kier alpha value is -2.17. The maximum Gasteiger partial charge on any atom is 0.490 e. The van der Waals surface area contributed by atoms with Crippen LogP contribution in [0.25, 0.3) is 0 Å². The van der Waals surface area contributed by atoms with E-state index < -0.39 is 12.1 Å². The van der Waals surface area contributed by atoms with Crippen molar-refractivity contribution in [3.8, 4) is 0 Å². The fourth-order valence-electron chi connectivity index (χ4n) is 3.31. The molecule has 0 saturated carbocycles. The van der Waals surface area contributed by atoms with Crippen molar-refractivity contribution in [2.24, 2.45) is 0 Å². The quantitative estimate of drug-likeness (QED) is 0.770. The molecule has 1 unspecified atom stereocenters. The average molecular weight is 432 g/mol. The van der Waals surface area contributed by atoms with Crippen molar-refractivity contribution < 1.29 is 37.3 Å². The molecule has 2 aliphatic heterocycles. The summed E-state index contributed by atoms with van der Waals surface area (Å²) >= 11 is 0. The number of aliphatic carboxylic acids is 1. The van der Waals surface area contributed by atoms with Crippen LogP contribution in [-0.2, 0) is 19.1 Å². The van der Waals surface area contributed by atoms with Crippen LogP contribution < -0.4 is 0 Å². The summed E-state index contributed by atoms with van der Waals surface area (Å²) in [5, 5.41) is 7.12. The van der Waals surface area contributed by atoms with Crippen LogP contribution in [0.1, 0.15) is 24.4 Å². The number of benzene rings is 1. The Balaban J connectivity index is 0.000000396. The molecule has 0 aromatic heterocycles. The van der Waals surface area contributed by atoms with Crippen LogP contribution >= 0.6 is 0 Å². The third-order valence-corrected chi connectivity index (χ3v) is 4.88. The van der Waals surface area contributed by atoms with E-state index in [0.29, 0.717) is 6.61 Å². The third kappa shape index (κ3) is 7.58. The lowest BCUT2D eigenvalue weighted by molar-refractivity contribution is -0.192. The van der Waals surface area contributed by atoms with E-state index in [2.05, 4.69) is 24.1 Å². The molecule has 2 saturated heterocycles. The number of amides is 1. The first kappa shape index (κ1) is 24.1. The van der Waals surface area contributed by atoms with Gasteiger partial charge in [0.05, 0.1) is 18.8 Å². The van der Waals surface area contributed by atoms with Crippen LogP contribution in [0.4, 0.5) is 13.2 Å². The molecule has 0 spiro atoms. The number of carboxylic acids is 1. The number of rotatable bonds is 5. The highest BCUT2D eigenvalue weighted by Gasteiger charge is 2.38. The highest BCUT2D eigenvalue weighted by atomic mass is 19.4. The SMILES string of the molecule is CN1CCN(C(=O)COCC2CCCO2)[C@@H](c2ccccc2)C1.O=C(O)C(F)(F)F. The molecule has 0 radical (unpaired) electrons. The summed E-state index contributed by atoms with van der Waals surface area (Å²) < 4.78 is 42.9. The molecule has 2 heterocycles. The zero-order valence-corrected chi connectivity index (χ0v) is 16.8. The van der Waals surface area contributed by atoms with Gasteiger partial charge in [0, 0.05) is 26.2 Å². The maximum absolute atomic E-state index is 12.6. The number of hydrogen-bond acceptors (Lipinski definition) is 5. The Morgan fingerprint density at radius 1 is 1.23 bits per heavy atom. The van der Waals surface area contributed by atoms with Crippen LogP contribution in [0, 0.1) is 0 Å². The largest absolute Gasteiger partial charge is 0.490 e. The van der Waals surface area contributed by atoms with Crippen molar-refractivity contribution in [2.45, 2.75) is 31.2 Å². The van der Waals surface area contributed by atoms with Crippen molar-refractivity contribution in [1.29, 1.82) is 0 Å². The molecule has 30 heavy (non-hydrogen) atoms. The molecule has 0 bridgehead atoms. The van der Waals surface area contributed by atoms with Gasteiger partial charge in [0.25, 0.3) is 0 Å². The van der Waals surface area contributed by atoms with Gasteiger partial charge >= 0.3 is 12.1 Å². The zero-order chi connectivity index (χ0) is 22.1. The van der Waals surface area contributed by atoms with E-state index in [1.807, 2.05) is 23.1 Å². The lowest BCUT2D eigenvalue weighted by Gasteiger charge is -2.40. The van der Waals surface area contributed by atoms with Gasteiger partial charge in [-0.05, 0) is 25.5 Å². The highest BCUT2D eigenvalue weighted by Crippen LogP contribution is 2.25. The van der Waals surface area contributed by atoms with Crippen LogP contribution in [0.5, 0.6) is 0 Å². The number of ether oxygens (including phenoxy) is 2. The summed E-state index contributed by atoms with van der Waals surface area (Å²) in [6, 6.07) is 10.4.